The van der Waals surface area contributed by atoms with Gasteiger partial charge in [-0.05, 0) is 19.3 Å². The van der Waals surface area contributed by atoms with Gasteiger partial charge in [-0.3, -0.25) is 0 Å². The van der Waals surface area contributed by atoms with Crippen LogP contribution < -0.4 is 5.43 Å². The van der Waals surface area contributed by atoms with E-state index in [1.165, 1.54) is 5.01 Å². The van der Waals surface area contributed by atoms with Crippen molar-refractivity contribution in [3.63, 3.8) is 0 Å². The van der Waals surface area contributed by atoms with E-state index in [0.29, 0.717) is 19.8 Å². The number of hydrogen-bond acceptors (Lipinski definition) is 4. The van der Waals surface area contributed by atoms with Crippen LogP contribution in [-0.2, 0) is 9.47 Å². The highest BCUT2D eigenvalue weighted by Crippen LogP contribution is 2.15. The van der Waals surface area contributed by atoms with Crippen molar-refractivity contribution in [1.29, 1.82) is 0 Å². The zero-order chi connectivity index (χ0) is 13.8. The van der Waals surface area contributed by atoms with Gasteiger partial charge in [0.1, 0.15) is 0 Å². The zero-order valence-electron chi connectivity index (χ0n) is 11.9. The van der Waals surface area contributed by atoms with Crippen LogP contribution in [0.2, 0.25) is 0 Å². The first-order chi connectivity index (χ1) is 8.20. The molecule has 1 N–H and O–H groups in total. The molecule has 0 atom stereocenters. The zero-order valence-corrected chi connectivity index (χ0v) is 11.9. The smallest absolute Gasteiger partial charge is 0.426 e. The van der Waals surface area contributed by atoms with Gasteiger partial charge in [-0.2, -0.15) is 5.43 Å². The van der Waals surface area contributed by atoms with Crippen molar-refractivity contribution >= 4 is 6.09 Å². The molecule has 5 nitrogen and oxygen atoms in total. The van der Waals surface area contributed by atoms with E-state index in [-0.39, 0.29) is 11.5 Å². The molecule has 1 fully saturated rings. The number of ether oxygens (including phenoxy) is 2. The lowest BCUT2D eigenvalue weighted by atomic mass is 9.99. The highest BCUT2D eigenvalue weighted by Gasteiger charge is 2.35. The van der Waals surface area contributed by atoms with Gasteiger partial charge < -0.3 is 9.47 Å². The van der Waals surface area contributed by atoms with Crippen LogP contribution in [0.1, 0.15) is 34.6 Å². The third kappa shape index (κ3) is 5.51. The van der Waals surface area contributed by atoms with Gasteiger partial charge >= 0.3 is 6.09 Å². The quantitative estimate of drug-likeness (QED) is 0.605. The Morgan fingerprint density at radius 2 is 2.06 bits per heavy atom. The number of carbonyl (C=O) groups is 1. The SMILES string of the molecule is CC(C)(C)COC/C=C\CN1NC(C)(C)OC1=O. The highest BCUT2D eigenvalue weighted by atomic mass is 16.6. The van der Waals surface area contributed by atoms with Crippen LogP contribution in [-0.4, -0.2) is 36.6 Å². The molecule has 1 aliphatic heterocycles. The number of hydrazine groups is 1. The average molecular weight is 256 g/mol. The van der Waals surface area contributed by atoms with Crippen molar-refractivity contribution in [3.8, 4) is 0 Å². The van der Waals surface area contributed by atoms with Crippen LogP contribution in [0.3, 0.4) is 0 Å². The molecule has 0 saturated carbocycles. The largest absolute Gasteiger partial charge is 0.426 e. The molecule has 1 rings (SSSR count). The molecule has 0 aliphatic carbocycles. The first-order valence-electron chi connectivity index (χ1n) is 6.21. The molecule has 5 heteroatoms. The van der Waals surface area contributed by atoms with Gasteiger partial charge in [0.05, 0.1) is 19.8 Å². The van der Waals surface area contributed by atoms with Crippen LogP contribution in [0.25, 0.3) is 0 Å². The van der Waals surface area contributed by atoms with Gasteiger partial charge in [0.2, 0.25) is 0 Å². The molecule has 0 bridgehead atoms. The highest BCUT2D eigenvalue weighted by molar-refractivity contribution is 5.69. The first-order valence-corrected chi connectivity index (χ1v) is 6.21. The minimum Gasteiger partial charge on any atom is -0.426 e. The summed E-state index contributed by atoms with van der Waals surface area (Å²) in [5.41, 5.74) is 2.53. The van der Waals surface area contributed by atoms with E-state index in [1.54, 1.807) is 13.8 Å². The number of nitrogens with zero attached hydrogens (tertiary/aromatic N) is 1. The normalized spacial score (nSPS) is 19.6. The van der Waals surface area contributed by atoms with Crippen molar-refractivity contribution in [2.45, 2.75) is 40.3 Å². The molecule has 1 heterocycles. The summed E-state index contributed by atoms with van der Waals surface area (Å²) < 4.78 is 10.6. The minimum absolute atomic E-state index is 0.179. The fourth-order valence-electron chi connectivity index (χ4n) is 1.47. The molecule has 1 aliphatic rings. The molecule has 0 spiro atoms. The fourth-order valence-corrected chi connectivity index (χ4v) is 1.47. The average Bonchev–Trinajstić information content (AvgIpc) is 2.44. The Bertz CT molecular complexity index is 319. The molecule has 1 amide bonds. The van der Waals surface area contributed by atoms with Crippen LogP contribution >= 0.6 is 0 Å². The van der Waals surface area contributed by atoms with Gasteiger partial charge in [0.25, 0.3) is 0 Å². The number of carbonyl (C=O) groups excluding carboxylic acids is 1. The third-order valence-electron chi connectivity index (χ3n) is 2.17. The van der Waals surface area contributed by atoms with E-state index < -0.39 is 5.72 Å². The van der Waals surface area contributed by atoms with Gasteiger partial charge in [-0.25, -0.2) is 9.80 Å². The van der Waals surface area contributed by atoms with Crippen molar-refractivity contribution < 1.29 is 14.3 Å². The van der Waals surface area contributed by atoms with Crippen molar-refractivity contribution in [1.82, 2.24) is 10.4 Å². The second-order valence-corrected chi connectivity index (χ2v) is 6.15. The molecule has 0 aromatic rings. The molecule has 0 unspecified atom stereocenters. The molecule has 0 aromatic carbocycles. The molecular formula is C13H24N2O3. The maximum absolute atomic E-state index is 11.4. The minimum atomic E-state index is -0.617. The van der Waals surface area contributed by atoms with Crippen LogP contribution in [0.4, 0.5) is 4.79 Å². The summed E-state index contributed by atoms with van der Waals surface area (Å²) >= 11 is 0. The van der Waals surface area contributed by atoms with E-state index in [4.69, 9.17) is 9.47 Å². The van der Waals surface area contributed by atoms with Crippen molar-refractivity contribution in [2.24, 2.45) is 5.41 Å². The van der Waals surface area contributed by atoms with Crippen molar-refractivity contribution in [2.75, 3.05) is 19.8 Å². The van der Waals surface area contributed by atoms with E-state index in [9.17, 15) is 4.79 Å². The van der Waals surface area contributed by atoms with Crippen LogP contribution in [0.5, 0.6) is 0 Å². The summed E-state index contributed by atoms with van der Waals surface area (Å²) in [4.78, 5) is 11.4. The van der Waals surface area contributed by atoms with E-state index >= 15 is 0 Å². The summed E-state index contributed by atoms with van der Waals surface area (Å²) in [6.07, 6.45) is 3.45. The second kappa shape index (κ2) is 5.71. The maximum Gasteiger partial charge on any atom is 0.426 e. The predicted molar refractivity (Wildman–Crippen MR) is 69.8 cm³/mol. The Morgan fingerprint density at radius 1 is 1.39 bits per heavy atom. The Morgan fingerprint density at radius 3 is 2.56 bits per heavy atom. The molecule has 0 aromatic heterocycles. The summed E-state index contributed by atoms with van der Waals surface area (Å²) in [7, 11) is 0. The topological polar surface area (TPSA) is 50.8 Å². The first kappa shape index (κ1) is 15.0. The fraction of sp³-hybridized carbons (Fsp3) is 0.769. The molecule has 104 valence electrons. The monoisotopic (exact) mass is 256 g/mol. The van der Waals surface area contributed by atoms with Gasteiger partial charge in [-0.15, -0.1) is 0 Å². The van der Waals surface area contributed by atoms with E-state index in [0.717, 1.165) is 0 Å². The predicted octanol–water partition coefficient (Wildman–Crippen LogP) is 2.30. The lowest BCUT2D eigenvalue weighted by Gasteiger charge is -2.17. The molecular weight excluding hydrogens is 232 g/mol. The van der Waals surface area contributed by atoms with Crippen LogP contribution in [0.15, 0.2) is 12.2 Å². The Balaban J connectivity index is 2.20. The van der Waals surface area contributed by atoms with Crippen molar-refractivity contribution in [3.05, 3.63) is 12.2 Å². The standard InChI is InChI=1S/C13H24N2O3/c1-12(2,3)10-17-9-7-6-8-15-11(16)18-13(4,5)14-15/h6-7,14H,8-10H2,1-5H3/b7-6-. The summed E-state index contributed by atoms with van der Waals surface area (Å²) in [6.45, 7) is 11.7. The molecule has 0 radical (unpaired) electrons. The number of cyclic esters (lactones) is 1. The summed E-state index contributed by atoms with van der Waals surface area (Å²) in [5.74, 6) is 0. The number of nitrogens with one attached hydrogen (secondary N) is 1. The third-order valence-corrected chi connectivity index (χ3v) is 2.17. The van der Waals surface area contributed by atoms with Gasteiger partial charge in [0, 0.05) is 0 Å². The Labute approximate surface area is 109 Å². The molecule has 1 saturated heterocycles. The number of amides is 1. The Kier molecular flexibility index (Phi) is 4.76. The number of hydrogen-bond donors (Lipinski definition) is 1. The van der Waals surface area contributed by atoms with E-state index in [1.807, 2.05) is 12.2 Å². The van der Waals surface area contributed by atoms with Gasteiger partial charge in [-0.1, -0.05) is 32.9 Å². The maximum atomic E-state index is 11.4. The second-order valence-electron chi connectivity index (χ2n) is 6.15. The lowest BCUT2D eigenvalue weighted by molar-refractivity contribution is 0.0625. The Hall–Kier alpha value is -1.07. The van der Waals surface area contributed by atoms with E-state index in [2.05, 4.69) is 26.2 Å². The van der Waals surface area contributed by atoms with Gasteiger partial charge in [0.15, 0.2) is 5.72 Å². The summed E-state index contributed by atoms with van der Waals surface area (Å²) in [6, 6.07) is 0. The van der Waals surface area contributed by atoms with Crippen LogP contribution in [0, 0.1) is 5.41 Å². The lowest BCUT2D eigenvalue weighted by Crippen LogP contribution is -2.42. The summed E-state index contributed by atoms with van der Waals surface area (Å²) in [5, 5.41) is 1.44. The number of rotatable bonds is 5. The molecule has 18 heavy (non-hydrogen) atoms.